The van der Waals surface area contributed by atoms with E-state index >= 15 is 0 Å². The summed E-state index contributed by atoms with van der Waals surface area (Å²) in [6.07, 6.45) is 2.10. The Morgan fingerprint density at radius 1 is 1.07 bits per heavy atom. The van der Waals surface area contributed by atoms with E-state index in [0.717, 1.165) is 31.5 Å². The van der Waals surface area contributed by atoms with E-state index in [1.807, 2.05) is 11.8 Å². The third-order valence-electron chi connectivity index (χ3n) is 4.94. The summed E-state index contributed by atoms with van der Waals surface area (Å²) in [6.45, 7) is 3.46. The third-order valence-corrected chi connectivity index (χ3v) is 4.94. The molecular weight excluding hydrogens is 345 g/mol. The highest BCUT2D eigenvalue weighted by atomic mass is 19.1. The van der Waals surface area contributed by atoms with Gasteiger partial charge in [-0.05, 0) is 67.8 Å². The first kappa shape index (κ1) is 17.3. The fourth-order valence-electron chi connectivity index (χ4n) is 3.46. The molecule has 0 radical (unpaired) electrons. The molecular formula is C21H20FN3O2. The van der Waals surface area contributed by atoms with Crippen molar-refractivity contribution in [1.82, 2.24) is 9.88 Å². The molecule has 0 saturated carbocycles. The van der Waals surface area contributed by atoms with Crippen molar-refractivity contribution < 1.29 is 14.0 Å². The number of aromatic nitrogens is 1. The zero-order valence-corrected chi connectivity index (χ0v) is 15.0. The Morgan fingerprint density at radius 3 is 2.59 bits per heavy atom. The molecule has 1 aliphatic heterocycles. The first-order chi connectivity index (χ1) is 13.0. The topological polar surface area (TPSA) is 65.2 Å². The molecule has 1 saturated heterocycles. The number of fused-ring (bicyclic) bond motifs is 1. The Labute approximate surface area is 156 Å². The standard InChI is InChI=1S/C21H20FN3O2/c1-13-10-14(21(27)25-8-2-3-9-25)4-6-17(13)24-20(26)19-12-15-11-16(22)5-7-18(15)23-19/h4-7,10-12,23H,2-3,8-9H2,1H3,(H,24,26). The van der Waals surface area contributed by atoms with Gasteiger partial charge in [-0.15, -0.1) is 0 Å². The highest BCUT2D eigenvalue weighted by Crippen LogP contribution is 2.22. The van der Waals surface area contributed by atoms with Crippen molar-refractivity contribution in [3.05, 3.63) is 65.1 Å². The van der Waals surface area contributed by atoms with Crippen LogP contribution in [0, 0.1) is 12.7 Å². The molecule has 4 rings (SSSR count). The van der Waals surface area contributed by atoms with Gasteiger partial charge in [0.15, 0.2) is 0 Å². The molecule has 1 aromatic heterocycles. The highest BCUT2D eigenvalue weighted by molar-refractivity contribution is 6.06. The second kappa shape index (κ2) is 6.87. The van der Waals surface area contributed by atoms with E-state index in [1.54, 1.807) is 30.3 Å². The lowest BCUT2D eigenvalue weighted by Crippen LogP contribution is -2.27. The number of halogens is 1. The largest absolute Gasteiger partial charge is 0.351 e. The summed E-state index contributed by atoms with van der Waals surface area (Å²) in [4.78, 5) is 29.9. The number of carbonyl (C=O) groups is 2. The monoisotopic (exact) mass is 365 g/mol. The number of aromatic amines is 1. The van der Waals surface area contributed by atoms with Gasteiger partial charge in [0, 0.05) is 35.2 Å². The Morgan fingerprint density at radius 2 is 1.85 bits per heavy atom. The van der Waals surface area contributed by atoms with Crippen molar-refractivity contribution in [2.75, 3.05) is 18.4 Å². The Balaban J connectivity index is 1.52. The molecule has 0 bridgehead atoms. The van der Waals surface area contributed by atoms with E-state index in [9.17, 15) is 14.0 Å². The number of carbonyl (C=O) groups excluding carboxylic acids is 2. The molecule has 27 heavy (non-hydrogen) atoms. The quantitative estimate of drug-likeness (QED) is 0.734. The lowest BCUT2D eigenvalue weighted by atomic mass is 10.1. The molecule has 5 nitrogen and oxygen atoms in total. The summed E-state index contributed by atoms with van der Waals surface area (Å²) in [5.74, 6) is -0.623. The molecule has 2 amide bonds. The van der Waals surface area contributed by atoms with Crippen LogP contribution in [0.15, 0.2) is 42.5 Å². The van der Waals surface area contributed by atoms with Crippen LogP contribution < -0.4 is 5.32 Å². The predicted octanol–water partition coefficient (Wildman–Crippen LogP) is 4.10. The van der Waals surface area contributed by atoms with Crippen LogP contribution in [0.25, 0.3) is 10.9 Å². The smallest absolute Gasteiger partial charge is 0.272 e. The number of hydrogen-bond donors (Lipinski definition) is 2. The van der Waals surface area contributed by atoms with Crippen LogP contribution in [0.5, 0.6) is 0 Å². The van der Waals surface area contributed by atoms with Gasteiger partial charge >= 0.3 is 0 Å². The Hall–Kier alpha value is -3.15. The van der Waals surface area contributed by atoms with Crippen LogP contribution in [0.1, 0.15) is 39.3 Å². The first-order valence-electron chi connectivity index (χ1n) is 9.01. The van der Waals surface area contributed by atoms with Crippen LogP contribution >= 0.6 is 0 Å². The molecule has 1 aliphatic rings. The van der Waals surface area contributed by atoms with Gasteiger partial charge in [0.1, 0.15) is 11.5 Å². The average Bonchev–Trinajstić information content (AvgIpc) is 3.31. The van der Waals surface area contributed by atoms with Crippen LogP contribution in [0.2, 0.25) is 0 Å². The average molecular weight is 365 g/mol. The van der Waals surface area contributed by atoms with Crippen molar-refractivity contribution in [2.45, 2.75) is 19.8 Å². The molecule has 1 fully saturated rings. The number of H-pyrrole nitrogens is 1. The minimum Gasteiger partial charge on any atom is -0.351 e. The van der Waals surface area contributed by atoms with E-state index in [-0.39, 0.29) is 17.6 Å². The van der Waals surface area contributed by atoms with Crippen LogP contribution in [0.3, 0.4) is 0 Å². The summed E-state index contributed by atoms with van der Waals surface area (Å²) in [7, 11) is 0. The predicted molar refractivity (Wildman–Crippen MR) is 103 cm³/mol. The molecule has 6 heteroatoms. The van der Waals surface area contributed by atoms with Crippen molar-refractivity contribution in [1.29, 1.82) is 0 Å². The van der Waals surface area contributed by atoms with Crippen molar-refractivity contribution in [3.8, 4) is 0 Å². The number of nitrogens with zero attached hydrogens (tertiary/aromatic N) is 1. The van der Waals surface area contributed by atoms with E-state index in [2.05, 4.69) is 10.3 Å². The van der Waals surface area contributed by atoms with Crippen LogP contribution in [-0.2, 0) is 0 Å². The van der Waals surface area contributed by atoms with E-state index in [1.165, 1.54) is 12.1 Å². The lowest BCUT2D eigenvalue weighted by molar-refractivity contribution is 0.0792. The summed E-state index contributed by atoms with van der Waals surface area (Å²) in [5, 5.41) is 3.49. The first-order valence-corrected chi connectivity index (χ1v) is 9.01. The van der Waals surface area contributed by atoms with Crippen molar-refractivity contribution >= 4 is 28.4 Å². The molecule has 0 aliphatic carbocycles. The molecule has 0 unspecified atom stereocenters. The molecule has 2 heterocycles. The number of hydrogen-bond acceptors (Lipinski definition) is 2. The highest BCUT2D eigenvalue weighted by Gasteiger charge is 2.20. The Kier molecular flexibility index (Phi) is 4.39. The lowest BCUT2D eigenvalue weighted by Gasteiger charge is -2.16. The van der Waals surface area contributed by atoms with Gasteiger partial charge < -0.3 is 15.2 Å². The molecule has 138 valence electrons. The van der Waals surface area contributed by atoms with Gasteiger partial charge in [-0.2, -0.15) is 0 Å². The molecule has 2 aromatic carbocycles. The van der Waals surface area contributed by atoms with Crippen LogP contribution in [0.4, 0.5) is 10.1 Å². The summed E-state index contributed by atoms with van der Waals surface area (Å²) in [5.41, 5.74) is 3.14. The minimum atomic E-state index is -0.345. The normalized spacial score (nSPS) is 13.9. The minimum absolute atomic E-state index is 0.0334. The maximum atomic E-state index is 13.3. The fraction of sp³-hybridized carbons (Fsp3) is 0.238. The molecule has 0 spiro atoms. The second-order valence-corrected chi connectivity index (χ2v) is 6.90. The van der Waals surface area contributed by atoms with Gasteiger partial charge in [0.05, 0.1) is 0 Å². The second-order valence-electron chi connectivity index (χ2n) is 6.90. The molecule has 0 atom stereocenters. The van der Waals surface area contributed by atoms with E-state index < -0.39 is 0 Å². The van der Waals surface area contributed by atoms with E-state index in [4.69, 9.17) is 0 Å². The van der Waals surface area contributed by atoms with Gasteiger partial charge in [0.2, 0.25) is 0 Å². The summed E-state index contributed by atoms with van der Waals surface area (Å²) < 4.78 is 13.3. The van der Waals surface area contributed by atoms with Gasteiger partial charge in [-0.3, -0.25) is 9.59 Å². The number of benzene rings is 2. The molecule has 3 aromatic rings. The number of aryl methyl sites for hydroxylation is 1. The number of nitrogens with one attached hydrogen (secondary N) is 2. The molecule has 2 N–H and O–H groups in total. The number of amides is 2. The van der Waals surface area contributed by atoms with Crippen LogP contribution in [-0.4, -0.2) is 34.8 Å². The van der Waals surface area contributed by atoms with Gasteiger partial charge in [-0.1, -0.05) is 0 Å². The van der Waals surface area contributed by atoms with Crippen molar-refractivity contribution in [3.63, 3.8) is 0 Å². The zero-order chi connectivity index (χ0) is 19.0. The number of anilines is 1. The van der Waals surface area contributed by atoms with Gasteiger partial charge in [0.25, 0.3) is 11.8 Å². The summed E-state index contributed by atoms with van der Waals surface area (Å²) >= 11 is 0. The maximum absolute atomic E-state index is 13.3. The number of rotatable bonds is 3. The van der Waals surface area contributed by atoms with Crippen molar-refractivity contribution in [2.24, 2.45) is 0 Å². The summed E-state index contributed by atoms with van der Waals surface area (Å²) in [6, 6.07) is 11.2. The fourth-order valence-corrected chi connectivity index (χ4v) is 3.46. The van der Waals surface area contributed by atoms with E-state index in [0.29, 0.717) is 27.8 Å². The maximum Gasteiger partial charge on any atom is 0.272 e. The third kappa shape index (κ3) is 3.43. The van der Waals surface area contributed by atoms with Gasteiger partial charge in [-0.25, -0.2) is 4.39 Å². The zero-order valence-electron chi connectivity index (χ0n) is 15.0. The number of likely N-dealkylation sites (tertiary alicyclic amines) is 1. The Bertz CT molecular complexity index is 1040. The SMILES string of the molecule is Cc1cc(C(=O)N2CCCC2)ccc1NC(=O)c1cc2cc(F)ccc2[nH]1.